The van der Waals surface area contributed by atoms with Gasteiger partial charge in [0.1, 0.15) is 18.3 Å². The molecule has 0 saturated heterocycles. The number of rotatable bonds is 11. The molecule has 0 fully saturated rings. The second-order valence-electron chi connectivity index (χ2n) is 8.28. The van der Waals surface area contributed by atoms with E-state index < -0.39 is 34.4 Å². The smallest absolute Gasteiger partial charge is 0.264 e. The molecule has 1 atom stereocenters. The molecule has 3 rings (SSSR count). The van der Waals surface area contributed by atoms with Crippen LogP contribution < -0.4 is 14.4 Å². The van der Waals surface area contributed by atoms with Crippen LogP contribution in [0.2, 0.25) is 10.0 Å². The van der Waals surface area contributed by atoms with Crippen LogP contribution in [-0.2, 0) is 26.2 Å². The molecule has 11 heteroatoms. The molecule has 3 aromatic rings. The zero-order chi connectivity index (χ0) is 27.9. The Hall–Kier alpha value is -3.27. The zero-order valence-electron chi connectivity index (χ0n) is 21.2. The highest BCUT2D eigenvalue weighted by molar-refractivity contribution is 7.92. The quantitative estimate of drug-likeness (QED) is 0.354. The third-order valence-electron chi connectivity index (χ3n) is 5.99. The van der Waals surface area contributed by atoms with Gasteiger partial charge in [0.05, 0.1) is 17.7 Å². The van der Waals surface area contributed by atoms with Crippen LogP contribution in [-0.4, -0.2) is 51.9 Å². The molecule has 0 unspecified atom stereocenters. The fourth-order valence-corrected chi connectivity index (χ4v) is 5.89. The van der Waals surface area contributed by atoms with Gasteiger partial charge in [-0.05, 0) is 55.0 Å². The van der Waals surface area contributed by atoms with Crippen molar-refractivity contribution in [1.82, 2.24) is 10.2 Å². The van der Waals surface area contributed by atoms with Crippen molar-refractivity contribution >= 4 is 50.7 Å². The van der Waals surface area contributed by atoms with E-state index in [-0.39, 0.29) is 23.5 Å². The largest absolute Gasteiger partial charge is 0.497 e. The summed E-state index contributed by atoms with van der Waals surface area (Å²) in [7, 11) is -1.19. The molecule has 0 spiro atoms. The molecule has 1 N–H and O–H groups in total. The number of hydrogen-bond acceptors (Lipinski definition) is 5. The van der Waals surface area contributed by atoms with E-state index in [0.717, 1.165) is 4.31 Å². The lowest BCUT2D eigenvalue weighted by molar-refractivity contribution is -0.140. The molecule has 0 radical (unpaired) electrons. The maximum atomic E-state index is 13.9. The fourth-order valence-electron chi connectivity index (χ4n) is 3.94. The summed E-state index contributed by atoms with van der Waals surface area (Å²) in [5.74, 6) is -0.476. The number of methoxy groups -OCH3 is 1. The summed E-state index contributed by atoms with van der Waals surface area (Å²) in [5, 5.41) is 3.23. The summed E-state index contributed by atoms with van der Waals surface area (Å²) in [6.07, 6.45) is 0.279. The number of carbonyl (C=O) groups is 2. The van der Waals surface area contributed by atoms with E-state index in [9.17, 15) is 18.0 Å². The van der Waals surface area contributed by atoms with Crippen LogP contribution in [0, 0.1) is 0 Å². The Labute approximate surface area is 233 Å². The molecule has 0 aliphatic carbocycles. The molecule has 0 aliphatic rings. The Kier molecular flexibility index (Phi) is 10.0. The van der Waals surface area contributed by atoms with E-state index in [1.165, 1.54) is 31.2 Å². The average molecular weight is 579 g/mol. The first-order chi connectivity index (χ1) is 18.1. The molecule has 8 nitrogen and oxygen atoms in total. The number of ether oxygens (including phenoxy) is 1. The molecular weight excluding hydrogens is 549 g/mol. The summed E-state index contributed by atoms with van der Waals surface area (Å²) in [5.41, 5.74) is 0.708. The van der Waals surface area contributed by atoms with Gasteiger partial charge in [-0.1, -0.05) is 54.4 Å². The third kappa shape index (κ3) is 6.59. The van der Waals surface area contributed by atoms with E-state index in [0.29, 0.717) is 21.4 Å². The van der Waals surface area contributed by atoms with Gasteiger partial charge in [0.15, 0.2) is 0 Å². The molecule has 0 aliphatic heterocycles. The van der Waals surface area contributed by atoms with Crippen molar-refractivity contribution in [3.8, 4) is 5.75 Å². The van der Waals surface area contributed by atoms with Gasteiger partial charge in [0, 0.05) is 29.2 Å². The summed E-state index contributed by atoms with van der Waals surface area (Å²) in [6, 6.07) is 18.2. The van der Waals surface area contributed by atoms with E-state index in [2.05, 4.69) is 5.32 Å². The molecule has 3 aromatic carbocycles. The Morgan fingerprint density at radius 3 is 2.08 bits per heavy atom. The second-order valence-corrected chi connectivity index (χ2v) is 11.0. The fraction of sp³-hybridized carbons (Fsp3) is 0.259. The van der Waals surface area contributed by atoms with Crippen LogP contribution in [0.5, 0.6) is 5.75 Å². The summed E-state index contributed by atoms with van der Waals surface area (Å²) < 4.78 is 33.7. The highest BCUT2D eigenvalue weighted by Gasteiger charge is 2.34. The monoisotopic (exact) mass is 577 g/mol. The van der Waals surface area contributed by atoms with E-state index in [4.69, 9.17) is 27.9 Å². The highest BCUT2D eigenvalue weighted by Crippen LogP contribution is 2.29. The minimum atomic E-state index is -4.16. The lowest BCUT2D eigenvalue weighted by Gasteiger charge is -2.33. The average Bonchev–Trinajstić information content (AvgIpc) is 2.93. The standard InChI is InChI=1S/C27H29Cl2N3O5S/c1-4-25(27(34)30-2)31(17-22-23(28)11-8-12-24(22)29)26(33)18-32(19-13-15-20(37-3)16-14-19)38(35,36)21-9-6-5-7-10-21/h5-16,25H,4,17-18H2,1-3H3,(H,30,34)/t25-/m1/s1. The summed E-state index contributed by atoms with van der Waals surface area (Å²) >= 11 is 12.8. The van der Waals surface area contributed by atoms with Crippen molar-refractivity contribution in [2.24, 2.45) is 0 Å². The predicted octanol–water partition coefficient (Wildman–Crippen LogP) is 4.75. The minimum absolute atomic E-state index is 0.0164. The molecular formula is C27H29Cl2N3O5S. The number of carbonyl (C=O) groups excluding carboxylic acids is 2. The van der Waals surface area contributed by atoms with Crippen molar-refractivity contribution in [3.63, 3.8) is 0 Å². The molecule has 38 heavy (non-hydrogen) atoms. The van der Waals surface area contributed by atoms with Crippen LogP contribution >= 0.6 is 23.2 Å². The van der Waals surface area contributed by atoms with Crippen LogP contribution in [0.1, 0.15) is 18.9 Å². The van der Waals surface area contributed by atoms with Crippen molar-refractivity contribution in [2.45, 2.75) is 30.8 Å². The van der Waals surface area contributed by atoms with Crippen LogP contribution in [0.15, 0.2) is 77.7 Å². The number of hydrogen-bond donors (Lipinski definition) is 1. The van der Waals surface area contributed by atoms with Crippen LogP contribution in [0.3, 0.4) is 0 Å². The van der Waals surface area contributed by atoms with Gasteiger partial charge in [-0.25, -0.2) is 8.42 Å². The normalized spacial score (nSPS) is 11.9. The Morgan fingerprint density at radius 1 is 0.947 bits per heavy atom. The first kappa shape index (κ1) is 29.3. The van der Waals surface area contributed by atoms with Crippen molar-refractivity contribution < 1.29 is 22.7 Å². The molecule has 202 valence electrons. The van der Waals surface area contributed by atoms with Gasteiger partial charge in [-0.3, -0.25) is 13.9 Å². The Morgan fingerprint density at radius 2 is 1.55 bits per heavy atom. The molecule has 0 bridgehead atoms. The van der Waals surface area contributed by atoms with Crippen LogP contribution in [0.25, 0.3) is 0 Å². The maximum Gasteiger partial charge on any atom is 0.264 e. The van der Waals surface area contributed by atoms with E-state index in [1.807, 2.05) is 0 Å². The number of likely N-dealkylation sites (N-methyl/N-ethyl adjacent to an activating group) is 1. The third-order valence-corrected chi connectivity index (χ3v) is 8.49. The van der Waals surface area contributed by atoms with Gasteiger partial charge >= 0.3 is 0 Å². The summed E-state index contributed by atoms with van der Waals surface area (Å²) in [6.45, 7) is 1.10. The van der Waals surface area contributed by atoms with Crippen molar-refractivity contribution in [2.75, 3.05) is 25.0 Å². The van der Waals surface area contributed by atoms with Crippen molar-refractivity contribution in [1.29, 1.82) is 0 Å². The molecule has 2 amide bonds. The lowest BCUT2D eigenvalue weighted by Crippen LogP contribution is -2.51. The van der Waals surface area contributed by atoms with Gasteiger partial charge in [-0.2, -0.15) is 0 Å². The Bertz CT molecular complexity index is 1350. The maximum absolute atomic E-state index is 13.9. The lowest BCUT2D eigenvalue weighted by atomic mass is 10.1. The molecule has 0 saturated carbocycles. The minimum Gasteiger partial charge on any atom is -0.497 e. The van der Waals surface area contributed by atoms with Crippen LogP contribution in [0.4, 0.5) is 5.69 Å². The van der Waals surface area contributed by atoms with Gasteiger partial charge in [0.2, 0.25) is 11.8 Å². The van der Waals surface area contributed by atoms with Gasteiger partial charge < -0.3 is 15.0 Å². The SMILES string of the molecule is CC[C@H](C(=O)NC)N(Cc1c(Cl)cccc1Cl)C(=O)CN(c1ccc(OC)cc1)S(=O)(=O)c1ccccc1. The summed E-state index contributed by atoms with van der Waals surface area (Å²) in [4.78, 5) is 28.0. The number of nitrogens with one attached hydrogen (secondary N) is 1. The number of anilines is 1. The first-order valence-corrected chi connectivity index (χ1v) is 14.0. The number of benzene rings is 3. The van der Waals surface area contributed by atoms with Crippen molar-refractivity contribution in [3.05, 3.63) is 88.4 Å². The number of nitrogens with zero attached hydrogens (tertiary/aromatic N) is 2. The number of amides is 2. The predicted molar refractivity (Wildman–Crippen MR) is 149 cm³/mol. The van der Waals surface area contributed by atoms with E-state index >= 15 is 0 Å². The number of halogens is 2. The highest BCUT2D eigenvalue weighted by atomic mass is 35.5. The first-order valence-electron chi connectivity index (χ1n) is 11.8. The van der Waals surface area contributed by atoms with E-state index in [1.54, 1.807) is 67.6 Å². The van der Waals surface area contributed by atoms with Gasteiger partial charge in [0.25, 0.3) is 10.0 Å². The Balaban J connectivity index is 2.08. The zero-order valence-corrected chi connectivity index (χ0v) is 23.6. The topological polar surface area (TPSA) is 96.0 Å². The molecule has 0 heterocycles. The number of sulfonamides is 1. The van der Waals surface area contributed by atoms with Gasteiger partial charge in [-0.15, -0.1) is 0 Å². The molecule has 0 aromatic heterocycles. The second kappa shape index (κ2) is 13.0.